The van der Waals surface area contributed by atoms with Crippen molar-refractivity contribution in [2.24, 2.45) is 0 Å². The first kappa shape index (κ1) is 16.8. The Morgan fingerprint density at radius 2 is 1.57 bits per heavy atom. The molecule has 7 heteroatoms. The summed E-state index contributed by atoms with van der Waals surface area (Å²) >= 11 is 0. The highest BCUT2D eigenvalue weighted by atomic mass is 32.2. The van der Waals surface area contributed by atoms with Gasteiger partial charge in [0, 0.05) is 6.92 Å². The van der Waals surface area contributed by atoms with Gasteiger partial charge in [0.15, 0.2) is 6.04 Å². The minimum Gasteiger partial charge on any atom is -0.361 e. The molecule has 0 radical (unpaired) electrons. The smallest absolute Gasteiger partial charge is 0.356 e. The van der Waals surface area contributed by atoms with E-state index in [1.165, 1.54) is 19.1 Å². The summed E-state index contributed by atoms with van der Waals surface area (Å²) in [4.78, 5) is 14.7. The lowest BCUT2D eigenvalue weighted by atomic mass is 10.0. The zero-order valence-electron chi connectivity index (χ0n) is 12.4. The van der Waals surface area contributed by atoms with Crippen molar-refractivity contribution in [1.29, 1.82) is 0 Å². The van der Waals surface area contributed by atoms with E-state index in [0.717, 1.165) is 0 Å². The van der Waals surface area contributed by atoms with E-state index in [9.17, 15) is 13.2 Å². The molecule has 0 aliphatic rings. The summed E-state index contributed by atoms with van der Waals surface area (Å²) in [6, 6.07) is 15.1. The molecule has 0 aromatic heterocycles. The van der Waals surface area contributed by atoms with E-state index >= 15 is 0 Å². The molecule has 0 aliphatic carbocycles. The Hall–Kier alpha value is -2.60. The summed E-state index contributed by atoms with van der Waals surface area (Å²) < 4.78 is 27.4. The molecule has 0 spiro atoms. The molecule has 0 heterocycles. The highest BCUT2D eigenvalue weighted by Gasteiger charge is 2.33. The van der Waals surface area contributed by atoms with Crippen LogP contribution in [0.15, 0.2) is 65.6 Å². The van der Waals surface area contributed by atoms with Gasteiger partial charge in [-0.05, 0) is 17.7 Å². The first-order valence-electron chi connectivity index (χ1n) is 6.81. The third-order valence-electron chi connectivity index (χ3n) is 3.20. The Morgan fingerprint density at radius 3 is 2.04 bits per heavy atom. The van der Waals surface area contributed by atoms with Gasteiger partial charge in [-0.25, -0.2) is 8.42 Å². The van der Waals surface area contributed by atoms with Crippen molar-refractivity contribution in [3.05, 3.63) is 71.8 Å². The van der Waals surface area contributed by atoms with Crippen LogP contribution in [-0.4, -0.2) is 24.7 Å². The first-order chi connectivity index (χ1) is 11.0. The van der Waals surface area contributed by atoms with Crippen LogP contribution in [0.5, 0.6) is 0 Å². The Kier molecular flexibility index (Phi) is 5.18. The Morgan fingerprint density at radius 1 is 1.04 bits per heavy atom. The number of carbonyl (C=O) groups excluding carboxylic acids is 1. The quantitative estimate of drug-likeness (QED) is 0.498. The third kappa shape index (κ3) is 3.98. The zero-order valence-corrected chi connectivity index (χ0v) is 13.2. The maximum Gasteiger partial charge on any atom is 0.356 e. The van der Waals surface area contributed by atoms with Gasteiger partial charge in [0.25, 0.3) is 0 Å². The van der Waals surface area contributed by atoms with Gasteiger partial charge in [-0.15, -0.1) is 0 Å². The van der Waals surface area contributed by atoms with E-state index in [0.29, 0.717) is 5.56 Å². The number of hydrogen-bond donors (Lipinski definition) is 1. The van der Waals surface area contributed by atoms with Crippen LogP contribution in [0, 0.1) is 0 Å². The molecule has 0 fully saturated rings. The van der Waals surface area contributed by atoms with Crippen LogP contribution < -0.4 is 4.72 Å². The fourth-order valence-electron chi connectivity index (χ4n) is 2.08. The number of nitrogens with one attached hydrogen (secondary N) is 1. The van der Waals surface area contributed by atoms with E-state index in [-0.39, 0.29) is 10.6 Å². The average molecular weight is 329 g/mol. The van der Waals surface area contributed by atoms with E-state index in [1.807, 2.05) is 0 Å². The zero-order chi connectivity index (χ0) is 16.9. The third-order valence-corrected chi connectivity index (χ3v) is 4.64. The van der Waals surface area contributed by atoms with Gasteiger partial charge >= 0.3 is 5.71 Å². The number of hydrogen-bond acceptors (Lipinski definition) is 3. The monoisotopic (exact) mass is 329 g/mol. The lowest BCUT2D eigenvalue weighted by molar-refractivity contribution is -0.115. The molecule has 23 heavy (non-hydrogen) atoms. The topological polar surface area (TPSA) is 99.6 Å². The van der Waals surface area contributed by atoms with Crippen molar-refractivity contribution >= 4 is 21.5 Å². The standard InChI is InChI=1S/C16H15N3O3S/c1-12(20)15(18-17)16(13-8-4-2-5-9-13)19-23(21,22)14-10-6-3-7-11-14/h2-11,16,19H,1H3. The van der Waals surface area contributed by atoms with Crippen LogP contribution in [0.2, 0.25) is 0 Å². The minimum atomic E-state index is -3.89. The molecule has 0 amide bonds. The lowest BCUT2D eigenvalue weighted by Gasteiger charge is -2.15. The molecule has 1 atom stereocenters. The fourth-order valence-corrected chi connectivity index (χ4v) is 3.29. The lowest BCUT2D eigenvalue weighted by Crippen LogP contribution is -2.37. The highest BCUT2D eigenvalue weighted by molar-refractivity contribution is 7.89. The molecular weight excluding hydrogens is 314 g/mol. The molecular formula is C16H15N3O3S. The van der Waals surface area contributed by atoms with Crippen LogP contribution in [-0.2, 0) is 14.8 Å². The van der Waals surface area contributed by atoms with Gasteiger partial charge in [0.05, 0.1) is 4.90 Å². The van der Waals surface area contributed by atoms with Crippen molar-refractivity contribution in [3.8, 4) is 0 Å². The molecule has 6 nitrogen and oxygen atoms in total. The normalized spacial score (nSPS) is 12.2. The van der Waals surface area contributed by atoms with Crippen molar-refractivity contribution < 1.29 is 18.0 Å². The van der Waals surface area contributed by atoms with Crippen LogP contribution in [0.4, 0.5) is 0 Å². The van der Waals surface area contributed by atoms with Crippen molar-refractivity contribution in [2.75, 3.05) is 0 Å². The molecule has 2 rings (SSSR count). The first-order valence-corrected chi connectivity index (χ1v) is 8.29. The van der Waals surface area contributed by atoms with Crippen LogP contribution in [0.1, 0.15) is 18.5 Å². The Bertz CT molecular complexity index is 843. The number of ketones is 1. The maximum absolute atomic E-state index is 12.5. The summed E-state index contributed by atoms with van der Waals surface area (Å²) in [6.07, 6.45) is 0. The molecule has 2 aromatic carbocycles. The van der Waals surface area contributed by atoms with Gasteiger partial charge in [0.1, 0.15) is 0 Å². The van der Waals surface area contributed by atoms with Crippen molar-refractivity contribution in [1.82, 2.24) is 4.72 Å². The molecule has 1 N–H and O–H groups in total. The number of sulfonamides is 1. The number of benzene rings is 2. The number of carbonyl (C=O) groups is 1. The molecule has 1 unspecified atom stereocenters. The molecule has 118 valence electrons. The maximum atomic E-state index is 12.5. The van der Waals surface area contributed by atoms with E-state index in [4.69, 9.17) is 5.53 Å². The van der Waals surface area contributed by atoms with Crippen molar-refractivity contribution in [3.63, 3.8) is 0 Å². The molecule has 0 aliphatic heterocycles. The van der Waals surface area contributed by atoms with Crippen LogP contribution >= 0.6 is 0 Å². The molecule has 0 saturated carbocycles. The van der Waals surface area contributed by atoms with Gasteiger partial charge in [-0.2, -0.15) is 9.51 Å². The SMILES string of the molecule is CC(=O)C(=[N+]=[N-])C(NS(=O)(=O)c1ccccc1)c1ccccc1. The van der Waals surface area contributed by atoms with Gasteiger partial charge in [0.2, 0.25) is 15.8 Å². The predicted molar refractivity (Wildman–Crippen MR) is 85.3 cm³/mol. The van der Waals surface area contributed by atoms with Gasteiger partial charge in [-0.3, -0.25) is 4.79 Å². The van der Waals surface area contributed by atoms with Gasteiger partial charge < -0.3 is 5.53 Å². The van der Waals surface area contributed by atoms with Crippen LogP contribution in [0.3, 0.4) is 0 Å². The molecule has 0 saturated heterocycles. The Balaban J connectivity index is 2.48. The fraction of sp³-hybridized carbons (Fsp3) is 0.125. The number of rotatable bonds is 6. The average Bonchev–Trinajstić information content (AvgIpc) is 2.56. The Labute approximate surface area is 134 Å². The van der Waals surface area contributed by atoms with E-state index in [2.05, 4.69) is 9.51 Å². The van der Waals surface area contributed by atoms with Crippen molar-refractivity contribution in [2.45, 2.75) is 17.9 Å². The summed E-state index contributed by atoms with van der Waals surface area (Å²) in [5, 5.41) is 0. The van der Waals surface area contributed by atoms with E-state index < -0.39 is 21.8 Å². The number of Topliss-reactive ketones (excluding diaryl/α,β-unsaturated/α-hetero) is 1. The largest absolute Gasteiger partial charge is 0.361 e. The highest BCUT2D eigenvalue weighted by Crippen LogP contribution is 2.18. The molecule has 0 bridgehead atoms. The molecule has 2 aromatic rings. The number of nitrogens with zero attached hydrogens (tertiary/aromatic N) is 2. The summed E-state index contributed by atoms with van der Waals surface area (Å²) in [7, 11) is -3.89. The second-order valence-electron chi connectivity index (χ2n) is 4.82. The van der Waals surface area contributed by atoms with E-state index in [1.54, 1.807) is 48.5 Å². The summed E-state index contributed by atoms with van der Waals surface area (Å²) in [5.74, 6) is -0.530. The van der Waals surface area contributed by atoms with Gasteiger partial charge in [-0.1, -0.05) is 48.5 Å². The summed E-state index contributed by atoms with van der Waals surface area (Å²) in [5.41, 5.74) is 9.34. The second kappa shape index (κ2) is 7.11. The second-order valence-corrected chi connectivity index (χ2v) is 6.53. The summed E-state index contributed by atoms with van der Waals surface area (Å²) in [6.45, 7) is 1.21. The minimum absolute atomic E-state index is 0.0572. The predicted octanol–water partition coefficient (Wildman–Crippen LogP) is 1.97. The van der Waals surface area contributed by atoms with Crippen LogP contribution in [0.25, 0.3) is 5.53 Å².